The summed E-state index contributed by atoms with van der Waals surface area (Å²) in [4.78, 5) is 36.5. The topological polar surface area (TPSA) is 90.5 Å². The van der Waals surface area contributed by atoms with E-state index in [2.05, 4.69) is 16.0 Å². The highest BCUT2D eigenvalue weighted by molar-refractivity contribution is 6.02. The van der Waals surface area contributed by atoms with Gasteiger partial charge >= 0.3 is 6.03 Å². The summed E-state index contributed by atoms with van der Waals surface area (Å²) in [5.41, 5.74) is 1.13. The standard InChI is InChI=1S/C16H19FN4O3/c17-12-5-13(18-6-12)7-19-15(23)11-3-1-2-10(4-11)9-21-14(22)8-20-16(21)24/h1-4,12-13,18H,5-9H2,(H,19,23)(H,20,24)/t12-,13-/m0/s1. The molecule has 0 aliphatic carbocycles. The molecule has 2 aliphatic rings. The van der Waals surface area contributed by atoms with Crippen LogP contribution in [0, 0.1) is 0 Å². The summed E-state index contributed by atoms with van der Waals surface area (Å²) >= 11 is 0. The molecule has 0 spiro atoms. The van der Waals surface area contributed by atoms with Crippen LogP contribution >= 0.6 is 0 Å². The zero-order valence-corrected chi connectivity index (χ0v) is 13.0. The van der Waals surface area contributed by atoms with Gasteiger partial charge in [-0.3, -0.25) is 14.5 Å². The third-order valence-corrected chi connectivity index (χ3v) is 4.14. The average molecular weight is 334 g/mol. The molecule has 8 heteroatoms. The lowest BCUT2D eigenvalue weighted by molar-refractivity contribution is -0.125. The number of nitrogens with one attached hydrogen (secondary N) is 3. The van der Waals surface area contributed by atoms with Crippen LogP contribution < -0.4 is 16.0 Å². The highest BCUT2D eigenvalue weighted by Gasteiger charge is 2.28. The molecule has 2 saturated heterocycles. The highest BCUT2D eigenvalue weighted by Crippen LogP contribution is 2.12. The Morgan fingerprint density at radius 1 is 1.38 bits per heavy atom. The van der Waals surface area contributed by atoms with E-state index in [-0.39, 0.29) is 30.9 Å². The Bertz CT molecular complexity index is 650. The van der Waals surface area contributed by atoms with Gasteiger partial charge in [0, 0.05) is 24.7 Å². The zero-order valence-electron chi connectivity index (χ0n) is 13.0. The van der Waals surface area contributed by atoms with Crippen molar-refractivity contribution in [3.63, 3.8) is 0 Å². The van der Waals surface area contributed by atoms with E-state index in [4.69, 9.17) is 0 Å². The van der Waals surface area contributed by atoms with Gasteiger partial charge in [0.15, 0.2) is 0 Å². The molecule has 0 saturated carbocycles. The van der Waals surface area contributed by atoms with Gasteiger partial charge in [0.1, 0.15) is 6.17 Å². The second-order valence-electron chi connectivity index (χ2n) is 5.99. The lowest BCUT2D eigenvalue weighted by Crippen LogP contribution is -2.37. The Labute approximate surface area is 138 Å². The number of benzene rings is 1. The molecule has 2 heterocycles. The molecule has 0 bridgehead atoms. The van der Waals surface area contributed by atoms with Gasteiger partial charge in [-0.05, 0) is 24.1 Å². The second-order valence-corrected chi connectivity index (χ2v) is 5.99. The molecular formula is C16H19FN4O3. The molecule has 3 N–H and O–H groups in total. The lowest BCUT2D eigenvalue weighted by atomic mass is 10.1. The van der Waals surface area contributed by atoms with Gasteiger partial charge in [-0.1, -0.05) is 12.1 Å². The van der Waals surface area contributed by atoms with Crippen LogP contribution in [0.2, 0.25) is 0 Å². The Morgan fingerprint density at radius 2 is 2.21 bits per heavy atom. The minimum Gasteiger partial charge on any atom is -0.350 e. The number of hydrogen-bond donors (Lipinski definition) is 3. The number of urea groups is 1. The maximum Gasteiger partial charge on any atom is 0.324 e. The Hall–Kier alpha value is -2.48. The predicted octanol–water partition coefficient (Wildman–Crippen LogP) is 0.168. The smallest absolute Gasteiger partial charge is 0.324 e. The molecule has 2 aliphatic heterocycles. The van der Waals surface area contributed by atoms with Crippen LogP contribution in [0.3, 0.4) is 0 Å². The maximum absolute atomic E-state index is 13.1. The number of hydrogen-bond acceptors (Lipinski definition) is 4. The Morgan fingerprint density at radius 3 is 2.88 bits per heavy atom. The van der Waals surface area contributed by atoms with Gasteiger partial charge in [0.25, 0.3) is 5.91 Å². The number of carbonyl (C=O) groups excluding carboxylic acids is 3. The fraction of sp³-hybridized carbons (Fsp3) is 0.438. The molecule has 0 radical (unpaired) electrons. The number of nitrogens with zero attached hydrogens (tertiary/aromatic N) is 1. The van der Waals surface area contributed by atoms with Crippen molar-refractivity contribution in [2.75, 3.05) is 19.6 Å². The highest BCUT2D eigenvalue weighted by atomic mass is 19.1. The van der Waals surface area contributed by atoms with Crippen molar-refractivity contribution in [2.45, 2.75) is 25.2 Å². The van der Waals surface area contributed by atoms with Crippen LogP contribution in [0.25, 0.3) is 0 Å². The molecule has 4 amide bonds. The van der Waals surface area contributed by atoms with Gasteiger partial charge in [0.2, 0.25) is 5.91 Å². The van der Waals surface area contributed by atoms with Crippen molar-refractivity contribution >= 4 is 17.8 Å². The molecule has 128 valence electrons. The quantitative estimate of drug-likeness (QED) is 0.670. The molecule has 7 nitrogen and oxygen atoms in total. The number of alkyl halides is 1. The number of imide groups is 1. The van der Waals surface area contributed by atoms with Crippen LogP contribution in [0.5, 0.6) is 0 Å². The largest absolute Gasteiger partial charge is 0.350 e. The van der Waals surface area contributed by atoms with E-state index in [9.17, 15) is 18.8 Å². The molecule has 0 unspecified atom stereocenters. The summed E-state index contributed by atoms with van der Waals surface area (Å²) < 4.78 is 13.1. The summed E-state index contributed by atoms with van der Waals surface area (Å²) in [6, 6.07) is 6.27. The van der Waals surface area contributed by atoms with E-state index in [1.165, 1.54) is 0 Å². The average Bonchev–Trinajstić information content (AvgIpc) is 3.13. The van der Waals surface area contributed by atoms with Crippen LogP contribution in [0.15, 0.2) is 24.3 Å². The first-order valence-electron chi connectivity index (χ1n) is 7.85. The fourth-order valence-corrected chi connectivity index (χ4v) is 2.85. The van der Waals surface area contributed by atoms with Crippen LogP contribution in [-0.4, -0.2) is 54.6 Å². The number of carbonyl (C=O) groups is 3. The van der Waals surface area contributed by atoms with Gasteiger partial charge in [-0.2, -0.15) is 0 Å². The van der Waals surface area contributed by atoms with Gasteiger partial charge < -0.3 is 16.0 Å². The van der Waals surface area contributed by atoms with E-state index in [1.54, 1.807) is 24.3 Å². The lowest BCUT2D eigenvalue weighted by Gasteiger charge is -2.14. The molecule has 3 rings (SSSR count). The maximum atomic E-state index is 13.1. The molecule has 2 fully saturated rings. The molecule has 2 atom stereocenters. The van der Waals surface area contributed by atoms with E-state index >= 15 is 0 Å². The molecule has 1 aromatic carbocycles. The van der Waals surface area contributed by atoms with Crippen molar-refractivity contribution in [1.29, 1.82) is 0 Å². The van der Waals surface area contributed by atoms with E-state index in [0.717, 1.165) is 4.90 Å². The molecule has 1 aromatic rings. The molecule has 0 aromatic heterocycles. The first kappa shape index (κ1) is 16.4. The van der Waals surface area contributed by atoms with E-state index in [1.807, 2.05) is 0 Å². The molecule has 24 heavy (non-hydrogen) atoms. The number of halogens is 1. The first-order chi connectivity index (χ1) is 11.5. The second kappa shape index (κ2) is 6.96. The van der Waals surface area contributed by atoms with E-state index in [0.29, 0.717) is 30.6 Å². The fourth-order valence-electron chi connectivity index (χ4n) is 2.85. The summed E-state index contributed by atoms with van der Waals surface area (Å²) in [7, 11) is 0. The first-order valence-corrected chi connectivity index (χ1v) is 7.85. The van der Waals surface area contributed by atoms with Crippen LogP contribution in [0.1, 0.15) is 22.3 Å². The SMILES string of the molecule is O=C(NC[C@@H]1C[C@H](F)CN1)c1cccc(CN2C(=O)CNC2=O)c1. The minimum absolute atomic E-state index is 0.00294. The monoisotopic (exact) mass is 334 g/mol. The molecular weight excluding hydrogens is 315 g/mol. The summed E-state index contributed by atoms with van der Waals surface area (Å²) in [5, 5.41) is 8.23. The minimum atomic E-state index is -0.862. The Balaban J connectivity index is 1.59. The zero-order chi connectivity index (χ0) is 17.1. The van der Waals surface area contributed by atoms with Crippen LogP contribution in [-0.2, 0) is 11.3 Å². The summed E-state index contributed by atoms with van der Waals surface area (Å²) in [6.45, 7) is 0.806. The predicted molar refractivity (Wildman–Crippen MR) is 84.0 cm³/mol. The normalized spacial score (nSPS) is 23.5. The van der Waals surface area contributed by atoms with Crippen LogP contribution in [0.4, 0.5) is 9.18 Å². The van der Waals surface area contributed by atoms with E-state index < -0.39 is 12.2 Å². The van der Waals surface area contributed by atoms with Gasteiger partial charge in [0.05, 0.1) is 13.1 Å². The van der Waals surface area contributed by atoms with Crippen molar-refractivity contribution in [3.8, 4) is 0 Å². The summed E-state index contributed by atoms with van der Waals surface area (Å²) in [5.74, 6) is -0.555. The third kappa shape index (κ3) is 3.70. The van der Waals surface area contributed by atoms with Crippen molar-refractivity contribution in [1.82, 2.24) is 20.9 Å². The Kier molecular flexibility index (Phi) is 4.75. The third-order valence-electron chi connectivity index (χ3n) is 4.14. The number of rotatable bonds is 5. The number of amides is 4. The summed E-state index contributed by atoms with van der Waals surface area (Å²) in [6.07, 6.45) is -0.466. The van der Waals surface area contributed by atoms with Crippen molar-refractivity contribution < 1.29 is 18.8 Å². The van der Waals surface area contributed by atoms with Gasteiger partial charge in [-0.15, -0.1) is 0 Å². The van der Waals surface area contributed by atoms with Gasteiger partial charge in [-0.25, -0.2) is 9.18 Å². The van der Waals surface area contributed by atoms with Crippen molar-refractivity contribution in [2.24, 2.45) is 0 Å². The van der Waals surface area contributed by atoms with Crippen molar-refractivity contribution in [3.05, 3.63) is 35.4 Å².